The quantitative estimate of drug-likeness (QED) is 0.214. The van der Waals surface area contributed by atoms with Gasteiger partial charge in [0.2, 0.25) is 0 Å². The summed E-state index contributed by atoms with van der Waals surface area (Å²) in [5, 5.41) is 18.5. The summed E-state index contributed by atoms with van der Waals surface area (Å²) in [7, 11) is 0. The van der Waals surface area contributed by atoms with Crippen LogP contribution in [0.5, 0.6) is 5.75 Å². The van der Waals surface area contributed by atoms with Crippen molar-refractivity contribution in [3.05, 3.63) is 90.1 Å². The summed E-state index contributed by atoms with van der Waals surface area (Å²) in [6, 6.07) is 4.27. The number of carbonyl (C=O) groups is 2. The maximum Gasteiger partial charge on any atom is 0.339 e. The summed E-state index contributed by atoms with van der Waals surface area (Å²) < 4.78 is 0. The molecule has 1 rings (SSSR count). The third-order valence-electron chi connectivity index (χ3n) is 4.68. The average molecular weight is 437 g/mol. The molecule has 0 fully saturated rings. The number of hydrogen-bond acceptors (Lipinski definition) is 3. The van der Waals surface area contributed by atoms with Crippen LogP contribution in [-0.4, -0.2) is 22.0 Å². The fraction of sp³-hybridized carbons (Fsp3) is 0.357. The van der Waals surface area contributed by atoms with Crippen LogP contribution in [0.15, 0.2) is 79.0 Å². The fourth-order valence-corrected chi connectivity index (χ4v) is 2.97. The second kappa shape index (κ2) is 17.5. The monoisotopic (exact) mass is 436 g/mol. The second-order valence-corrected chi connectivity index (χ2v) is 7.47. The van der Waals surface area contributed by atoms with Crippen LogP contribution in [0.25, 0.3) is 0 Å². The Labute approximate surface area is 192 Å². The summed E-state index contributed by atoms with van der Waals surface area (Å²) >= 11 is 0. The van der Waals surface area contributed by atoms with Crippen LogP contribution in [0, 0.1) is 0 Å². The van der Waals surface area contributed by atoms with Crippen LogP contribution in [0.4, 0.5) is 0 Å². The zero-order chi connectivity index (χ0) is 23.4. The molecule has 0 unspecified atom stereocenters. The first-order valence-electron chi connectivity index (χ1n) is 11.4. The molecule has 0 radical (unpaired) electrons. The molecule has 172 valence electrons. The number of ketones is 1. The summed E-state index contributed by atoms with van der Waals surface area (Å²) in [4.78, 5) is 23.1. The van der Waals surface area contributed by atoms with E-state index in [9.17, 15) is 14.7 Å². The molecule has 0 bridgehead atoms. The molecule has 4 nitrogen and oxygen atoms in total. The molecule has 4 heteroatoms. The number of allylic oxidation sites excluding steroid dienone is 10. The molecule has 0 atom stereocenters. The van der Waals surface area contributed by atoms with Crippen molar-refractivity contribution in [1.82, 2.24) is 0 Å². The Hall–Kier alpha value is -3.14. The minimum atomic E-state index is -1.20. The maximum absolute atomic E-state index is 12.1. The second-order valence-electron chi connectivity index (χ2n) is 7.47. The Bertz CT molecular complexity index is 841. The molecule has 32 heavy (non-hydrogen) atoms. The molecule has 0 aliphatic heterocycles. The first-order valence-corrected chi connectivity index (χ1v) is 11.4. The summed E-state index contributed by atoms with van der Waals surface area (Å²) in [5.74, 6) is -1.42. The van der Waals surface area contributed by atoms with E-state index in [1.807, 2.05) is 0 Å². The van der Waals surface area contributed by atoms with Gasteiger partial charge < -0.3 is 10.2 Å². The lowest BCUT2D eigenvalue weighted by molar-refractivity contribution is -0.118. The normalized spacial score (nSPS) is 12.3. The molecule has 0 aliphatic carbocycles. The molecule has 0 aliphatic rings. The number of hydrogen-bond donors (Lipinski definition) is 2. The third-order valence-corrected chi connectivity index (χ3v) is 4.68. The predicted molar refractivity (Wildman–Crippen MR) is 132 cm³/mol. The minimum absolute atomic E-state index is 0.0689. The first-order chi connectivity index (χ1) is 15.5. The highest BCUT2D eigenvalue weighted by molar-refractivity contribution is 5.91. The third kappa shape index (κ3) is 13.2. The van der Waals surface area contributed by atoms with Crippen LogP contribution in [0.1, 0.15) is 74.2 Å². The lowest BCUT2D eigenvalue weighted by Crippen LogP contribution is -2.04. The molecule has 0 heterocycles. The molecule has 0 spiro atoms. The molecular weight excluding hydrogens is 400 g/mol. The number of unbranched alkanes of at least 4 members (excludes halogenated alkanes) is 1. The molecule has 0 saturated carbocycles. The largest absolute Gasteiger partial charge is 0.507 e. The molecule has 1 aromatic rings. The Morgan fingerprint density at radius 2 is 1.34 bits per heavy atom. The van der Waals surface area contributed by atoms with Gasteiger partial charge in [-0.15, -0.1) is 0 Å². The smallest absolute Gasteiger partial charge is 0.339 e. The highest BCUT2D eigenvalue weighted by Crippen LogP contribution is 2.19. The fourth-order valence-electron chi connectivity index (χ4n) is 2.97. The minimum Gasteiger partial charge on any atom is -0.507 e. The number of rotatable bonds is 16. The lowest BCUT2D eigenvalue weighted by atomic mass is 10.0. The molecule has 0 amide bonds. The van der Waals surface area contributed by atoms with E-state index in [4.69, 9.17) is 5.11 Å². The molecule has 0 aromatic heterocycles. The van der Waals surface area contributed by atoms with Gasteiger partial charge >= 0.3 is 5.97 Å². The van der Waals surface area contributed by atoms with Crippen molar-refractivity contribution in [2.45, 2.75) is 64.7 Å². The number of aromatic carboxylic acids is 1. The SMILES string of the molecule is CC/C=C\C/C=C\C/C=C\C/C=C\C/C=C\CCCC(=O)Cc1ccc(O)c(C(=O)O)c1. The Balaban J connectivity index is 2.12. The van der Waals surface area contributed by atoms with E-state index in [2.05, 4.69) is 67.7 Å². The number of carbonyl (C=O) groups excluding carboxylic acids is 1. The van der Waals surface area contributed by atoms with E-state index in [0.717, 1.165) is 44.9 Å². The van der Waals surface area contributed by atoms with Gasteiger partial charge in [-0.1, -0.05) is 73.8 Å². The van der Waals surface area contributed by atoms with Crippen molar-refractivity contribution in [1.29, 1.82) is 0 Å². The maximum atomic E-state index is 12.1. The van der Waals surface area contributed by atoms with Gasteiger partial charge in [0.15, 0.2) is 0 Å². The van der Waals surface area contributed by atoms with E-state index < -0.39 is 5.97 Å². The molecule has 0 saturated heterocycles. The highest BCUT2D eigenvalue weighted by Gasteiger charge is 2.11. The highest BCUT2D eigenvalue weighted by atomic mass is 16.4. The van der Waals surface area contributed by atoms with Crippen LogP contribution in [0.2, 0.25) is 0 Å². The number of Topliss-reactive ketones (excluding diaryl/α,β-unsaturated/α-hetero) is 1. The van der Waals surface area contributed by atoms with Gasteiger partial charge in [0.25, 0.3) is 0 Å². The van der Waals surface area contributed by atoms with Crippen LogP contribution >= 0.6 is 0 Å². The molecule has 2 N–H and O–H groups in total. The zero-order valence-electron chi connectivity index (χ0n) is 19.1. The topological polar surface area (TPSA) is 74.6 Å². The van der Waals surface area contributed by atoms with E-state index in [1.165, 1.54) is 12.1 Å². The number of phenols is 1. The van der Waals surface area contributed by atoms with E-state index in [-0.39, 0.29) is 23.5 Å². The standard InChI is InChI=1S/C28H36O4/c1-2-3-4-5-6-7-8-9-10-11-12-13-14-15-16-17-18-19-25(29)22-24-20-21-27(30)26(23-24)28(31)32/h3-4,6-7,9-10,12-13,15-16,20-21,23,30H,2,5,8,11,14,17-19,22H2,1H3,(H,31,32)/b4-3-,7-6-,10-9-,13-12-,16-15-. The average Bonchev–Trinajstić information content (AvgIpc) is 2.77. The van der Waals surface area contributed by atoms with Gasteiger partial charge in [-0.2, -0.15) is 0 Å². The number of carboxylic acids is 1. The van der Waals surface area contributed by atoms with Crippen LogP contribution in [-0.2, 0) is 11.2 Å². The number of carboxylic acid groups (broad SMARTS) is 1. The van der Waals surface area contributed by atoms with Crippen LogP contribution < -0.4 is 0 Å². The van der Waals surface area contributed by atoms with Gasteiger partial charge in [-0.3, -0.25) is 4.79 Å². The van der Waals surface area contributed by atoms with E-state index >= 15 is 0 Å². The predicted octanol–water partition coefficient (Wildman–Crippen LogP) is 7.12. The Morgan fingerprint density at radius 1 is 0.812 bits per heavy atom. The van der Waals surface area contributed by atoms with Crippen molar-refractivity contribution in [2.24, 2.45) is 0 Å². The summed E-state index contributed by atoms with van der Waals surface area (Å²) in [6.07, 6.45) is 28.7. The Morgan fingerprint density at radius 3 is 1.88 bits per heavy atom. The van der Waals surface area contributed by atoms with Crippen molar-refractivity contribution < 1.29 is 19.8 Å². The van der Waals surface area contributed by atoms with Gasteiger partial charge in [-0.05, 0) is 62.6 Å². The molecule has 1 aromatic carbocycles. The van der Waals surface area contributed by atoms with Gasteiger partial charge in [0.05, 0.1) is 0 Å². The number of aromatic hydroxyl groups is 1. The van der Waals surface area contributed by atoms with E-state index in [1.54, 1.807) is 6.07 Å². The van der Waals surface area contributed by atoms with Crippen molar-refractivity contribution in [3.8, 4) is 5.75 Å². The number of benzene rings is 1. The van der Waals surface area contributed by atoms with E-state index in [0.29, 0.717) is 12.0 Å². The van der Waals surface area contributed by atoms with Crippen molar-refractivity contribution in [2.75, 3.05) is 0 Å². The zero-order valence-corrected chi connectivity index (χ0v) is 19.1. The lowest BCUT2D eigenvalue weighted by Gasteiger charge is -2.04. The van der Waals surface area contributed by atoms with Crippen LogP contribution in [0.3, 0.4) is 0 Å². The van der Waals surface area contributed by atoms with Gasteiger partial charge in [-0.25, -0.2) is 4.79 Å². The molecular formula is C28H36O4. The first kappa shape index (κ1) is 26.9. The van der Waals surface area contributed by atoms with Gasteiger partial charge in [0, 0.05) is 12.8 Å². The van der Waals surface area contributed by atoms with Crippen molar-refractivity contribution >= 4 is 11.8 Å². The van der Waals surface area contributed by atoms with Crippen molar-refractivity contribution in [3.63, 3.8) is 0 Å². The van der Waals surface area contributed by atoms with Gasteiger partial charge in [0.1, 0.15) is 17.1 Å². The summed E-state index contributed by atoms with van der Waals surface area (Å²) in [5.41, 5.74) is 0.439. The summed E-state index contributed by atoms with van der Waals surface area (Å²) in [6.45, 7) is 2.14. The Kier molecular flexibility index (Phi) is 14.7.